The molecule has 1 heterocycles. The average Bonchev–Trinajstić information content (AvgIpc) is 3.00. The fourth-order valence-electron chi connectivity index (χ4n) is 4.02. The molecule has 0 amide bonds. The maximum Gasteiger partial charge on any atom is 0.333 e. The highest BCUT2D eigenvalue weighted by Gasteiger charge is 2.41. The van der Waals surface area contributed by atoms with E-state index in [1.54, 1.807) is 0 Å². The maximum atomic E-state index is 11.8. The summed E-state index contributed by atoms with van der Waals surface area (Å²) in [4.78, 5) is 11.8. The third-order valence-corrected chi connectivity index (χ3v) is 5.87. The quantitative estimate of drug-likeness (QED) is 0.386. The van der Waals surface area contributed by atoms with Gasteiger partial charge in [-0.15, -0.1) is 0 Å². The van der Waals surface area contributed by atoms with Gasteiger partial charge in [0, 0.05) is 11.5 Å². The molecule has 1 aliphatic heterocycles. The summed E-state index contributed by atoms with van der Waals surface area (Å²) in [5, 5.41) is 0. The highest BCUT2D eigenvalue weighted by atomic mass is 16.7. The Balaban J connectivity index is 2.10. The molecule has 0 bridgehead atoms. The first kappa shape index (κ1) is 20.9. The second-order valence-corrected chi connectivity index (χ2v) is 8.11. The van der Waals surface area contributed by atoms with Gasteiger partial charge in [0.1, 0.15) is 0 Å². The number of carbonyl (C=O) groups is 1. The minimum absolute atomic E-state index is 0.0479. The smallest absolute Gasteiger partial charge is 0.333 e. The van der Waals surface area contributed by atoms with Crippen LogP contribution in [0.15, 0.2) is 36.0 Å². The lowest BCUT2D eigenvalue weighted by atomic mass is 9.59. The molecule has 0 spiro atoms. The first-order valence-electron chi connectivity index (χ1n) is 9.68. The topological polar surface area (TPSA) is 44.8 Å². The Labute approximate surface area is 158 Å². The zero-order valence-electron chi connectivity index (χ0n) is 17.0. The van der Waals surface area contributed by atoms with Gasteiger partial charge in [0.05, 0.1) is 19.8 Å². The summed E-state index contributed by atoms with van der Waals surface area (Å²) in [6.45, 7) is 16.2. The fourth-order valence-corrected chi connectivity index (χ4v) is 4.02. The predicted octanol–water partition coefficient (Wildman–Crippen LogP) is 4.81. The van der Waals surface area contributed by atoms with E-state index in [0.29, 0.717) is 31.3 Å². The van der Waals surface area contributed by atoms with Gasteiger partial charge in [-0.25, -0.2) is 4.79 Å². The van der Waals surface area contributed by atoms with Crippen molar-refractivity contribution in [2.75, 3.05) is 19.8 Å². The van der Waals surface area contributed by atoms with E-state index < -0.39 is 5.79 Å². The summed E-state index contributed by atoms with van der Waals surface area (Å²) in [6.07, 6.45) is 9.26. The van der Waals surface area contributed by atoms with Crippen molar-refractivity contribution in [1.29, 1.82) is 0 Å². The monoisotopic (exact) mass is 362 g/mol. The van der Waals surface area contributed by atoms with Gasteiger partial charge in [-0.1, -0.05) is 38.2 Å². The SMILES string of the molecule is C=C1CC[C@H](C/C=C(\C)C(=O)OCC)C(C)(C)C1/C=C/C1(C)OCCO1. The minimum Gasteiger partial charge on any atom is -0.463 e. The number of hydrogen-bond donors (Lipinski definition) is 0. The molecule has 2 atom stereocenters. The van der Waals surface area contributed by atoms with Crippen LogP contribution in [0.3, 0.4) is 0 Å². The molecule has 1 unspecified atom stereocenters. The van der Waals surface area contributed by atoms with Gasteiger partial charge in [-0.3, -0.25) is 0 Å². The van der Waals surface area contributed by atoms with Crippen LogP contribution in [0.1, 0.15) is 53.9 Å². The molecule has 146 valence electrons. The van der Waals surface area contributed by atoms with E-state index in [9.17, 15) is 4.79 Å². The zero-order chi connectivity index (χ0) is 19.4. The van der Waals surface area contributed by atoms with E-state index in [4.69, 9.17) is 14.2 Å². The van der Waals surface area contributed by atoms with Gasteiger partial charge in [-0.2, -0.15) is 0 Å². The van der Waals surface area contributed by atoms with E-state index in [1.807, 2.05) is 32.9 Å². The van der Waals surface area contributed by atoms with E-state index in [0.717, 1.165) is 19.3 Å². The van der Waals surface area contributed by atoms with E-state index in [-0.39, 0.29) is 17.3 Å². The van der Waals surface area contributed by atoms with Crippen LogP contribution in [0.4, 0.5) is 0 Å². The minimum atomic E-state index is -0.621. The molecular weight excluding hydrogens is 328 g/mol. The molecule has 2 aliphatic rings. The Morgan fingerprint density at radius 1 is 1.31 bits per heavy atom. The number of allylic oxidation sites excluding steroid dienone is 3. The van der Waals surface area contributed by atoms with E-state index in [2.05, 4.69) is 26.5 Å². The number of carbonyl (C=O) groups excluding carboxylic acids is 1. The number of esters is 1. The van der Waals surface area contributed by atoms with Crippen molar-refractivity contribution >= 4 is 5.97 Å². The van der Waals surface area contributed by atoms with Gasteiger partial charge in [0.25, 0.3) is 0 Å². The lowest BCUT2D eigenvalue weighted by Gasteiger charge is -2.45. The van der Waals surface area contributed by atoms with Crippen LogP contribution >= 0.6 is 0 Å². The van der Waals surface area contributed by atoms with Gasteiger partial charge in [0.15, 0.2) is 5.79 Å². The Morgan fingerprint density at radius 2 is 1.96 bits per heavy atom. The number of hydrogen-bond acceptors (Lipinski definition) is 4. The van der Waals surface area contributed by atoms with Crippen LogP contribution in [0.2, 0.25) is 0 Å². The Bertz CT molecular complexity index is 579. The maximum absolute atomic E-state index is 11.8. The highest BCUT2D eigenvalue weighted by molar-refractivity contribution is 5.87. The Hall–Kier alpha value is -1.39. The predicted molar refractivity (Wildman–Crippen MR) is 104 cm³/mol. The second kappa shape index (κ2) is 8.53. The molecule has 2 fully saturated rings. The van der Waals surface area contributed by atoms with E-state index in [1.165, 1.54) is 5.57 Å². The summed E-state index contributed by atoms with van der Waals surface area (Å²) < 4.78 is 16.5. The van der Waals surface area contributed by atoms with Gasteiger partial charge in [0.2, 0.25) is 0 Å². The average molecular weight is 363 g/mol. The first-order valence-corrected chi connectivity index (χ1v) is 9.68. The molecule has 4 nitrogen and oxygen atoms in total. The summed E-state index contributed by atoms with van der Waals surface area (Å²) in [6, 6.07) is 0. The van der Waals surface area contributed by atoms with Crippen LogP contribution in [-0.4, -0.2) is 31.6 Å². The summed E-state index contributed by atoms with van der Waals surface area (Å²) in [5.41, 5.74) is 2.00. The van der Waals surface area contributed by atoms with Gasteiger partial charge < -0.3 is 14.2 Å². The van der Waals surface area contributed by atoms with Crippen LogP contribution in [0.25, 0.3) is 0 Å². The Kier molecular flexibility index (Phi) is 6.86. The van der Waals surface area contributed by atoms with Crippen LogP contribution in [0.5, 0.6) is 0 Å². The molecule has 0 aromatic heterocycles. The number of ether oxygens (including phenoxy) is 3. The third-order valence-electron chi connectivity index (χ3n) is 5.87. The van der Waals surface area contributed by atoms with Crippen molar-refractivity contribution in [1.82, 2.24) is 0 Å². The van der Waals surface area contributed by atoms with Crippen molar-refractivity contribution in [3.8, 4) is 0 Å². The standard InChI is InChI=1S/C22H34O4/c1-7-24-20(23)17(3)9-11-18-10-8-16(2)19(21(18,4)5)12-13-22(6)25-14-15-26-22/h9,12-13,18-19H,2,7-8,10-11,14-15H2,1,3-6H3/b13-12+,17-9+/t18-,19?/m1/s1. The van der Waals surface area contributed by atoms with Crippen LogP contribution < -0.4 is 0 Å². The fraction of sp³-hybridized carbons (Fsp3) is 0.682. The van der Waals surface area contributed by atoms with Gasteiger partial charge in [-0.05, 0) is 57.4 Å². The molecular formula is C22H34O4. The lowest BCUT2D eigenvalue weighted by molar-refractivity contribution is -0.138. The van der Waals surface area contributed by atoms with E-state index >= 15 is 0 Å². The first-order chi connectivity index (χ1) is 12.2. The van der Waals surface area contributed by atoms with Crippen LogP contribution in [0, 0.1) is 17.3 Å². The van der Waals surface area contributed by atoms with Crippen molar-refractivity contribution in [3.63, 3.8) is 0 Å². The summed E-state index contributed by atoms with van der Waals surface area (Å²) in [7, 11) is 0. The largest absolute Gasteiger partial charge is 0.463 e. The Morgan fingerprint density at radius 3 is 2.58 bits per heavy atom. The molecule has 2 rings (SSSR count). The molecule has 0 aromatic carbocycles. The van der Waals surface area contributed by atoms with Crippen molar-refractivity contribution in [2.24, 2.45) is 17.3 Å². The summed E-state index contributed by atoms with van der Waals surface area (Å²) >= 11 is 0. The molecule has 1 aliphatic carbocycles. The molecule has 4 heteroatoms. The van der Waals surface area contributed by atoms with Gasteiger partial charge >= 0.3 is 5.97 Å². The molecule has 26 heavy (non-hydrogen) atoms. The highest BCUT2D eigenvalue weighted by Crippen LogP contribution is 2.49. The molecule has 0 aromatic rings. The number of rotatable bonds is 6. The third kappa shape index (κ3) is 4.86. The lowest BCUT2D eigenvalue weighted by Crippen LogP contribution is -2.37. The van der Waals surface area contributed by atoms with Crippen molar-refractivity contribution in [2.45, 2.75) is 59.7 Å². The second-order valence-electron chi connectivity index (χ2n) is 8.11. The van der Waals surface area contributed by atoms with Crippen molar-refractivity contribution < 1.29 is 19.0 Å². The zero-order valence-corrected chi connectivity index (χ0v) is 17.0. The summed E-state index contributed by atoms with van der Waals surface area (Å²) in [5.74, 6) is -0.0955. The van der Waals surface area contributed by atoms with Crippen LogP contribution in [-0.2, 0) is 19.0 Å². The normalized spacial score (nSPS) is 28.5. The molecule has 1 saturated carbocycles. The molecule has 0 N–H and O–H groups in total. The van der Waals surface area contributed by atoms with Crippen molar-refractivity contribution in [3.05, 3.63) is 36.0 Å². The molecule has 1 saturated heterocycles. The molecule has 0 radical (unpaired) electrons.